The van der Waals surface area contributed by atoms with Gasteiger partial charge in [-0.25, -0.2) is 8.42 Å². The molecule has 0 spiro atoms. The van der Waals surface area contributed by atoms with E-state index in [1.54, 1.807) is 44.2 Å². The molecule has 0 heterocycles. The number of anilines is 2. The van der Waals surface area contributed by atoms with Crippen molar-refractivity contribution < 1.29 is 17.9 Å². The first-order valence-electron chi connectivity index (χ1n) is 9.74. The van der Waals surface area contributed by atoms with Crippen molar-refractivity contribution in [3.8, 4) is 11.5 Å². The van der Waals surface area contributed by atoms with E-state index in [1.807, 2.05) is 24.5 Å². The van der Waals surface area contributed by atoms with Crippen molar-refractivity contribution in [2.45, 2.75) is 23.6 Å². The zero-order valence-corrected chi connectivity index (χ0v) is 20.1. The monoisotopic (exact) mass is 490 g/mol. The van der Waals surface area contributed by atoms with Gasteiger partial charge in [0.05, 0.1) is 16.3 Å². The second-order valence-corrected chi connectivity index (χ2v) is 10.1. The van der Waals surface area contributed by atoms with Crippen LogP contribution >= 0.6 is 23.4 Å². The zero-order chi connectivity index (χ0) is 23.3. The smallest absolute Gasteiger partial charge is 0.262 e. The van der Waals surface area contributed by atoms with Crippen LogP contribution in [0.5, 0.6) is 11.5 Å². The average molecular weight is 491 g/mol. The minimum absolute atomic E-state index is 0.00000672. The number of thioether (sulfide) groups is 1. The van der Waals surface area contributed by atoms with E-state index in [-0.39, 0.29) is 22.4 Å². The van der Waals surface area contributed by atoms with E-state index in [2.05, 4.69) is 10.0 Å². The van der Waals surface area contributed by atoms with E-state index in [4.69, 9.17) is 16.3 Å². The predicted molar refractivity (Wildman–Crippen MR) is 130 cm³/mol. The largest absolute Gasteiger partial charge is 0.455 e. The lowest BCUT2D eigenvalue weighted by Gasteiger charge is -2.16. The summed E-state index contributed by atoms with van der Waals surface area (Å²) in [5.74, 6) is 0.417. The number of hydrogen-bond donors (Lipinski definition) is 2. The van der Waals surface area contributed by atoms with Gasteiger partial charge in [0, 0.05) is 15.8 Å². The fraction of sp³-hybridized carbons (Fsp3) is 0.174. The molecule has 1 amide bonds. The summed E-state index contributed by atoms with van der Waals surface area (Å²) in [6.07, 6.45) is 1.85. The van der Waals surface area contributed by atoms with Gasteiger partial charge in [0.2, 0.25) is 5.91 Å². The van der Waals surface area contributed by atoms with Gasteiger partial charge in [-0.2, -0.15) is 0 Å². The maximum atomic E-state index is 13.2. The number of benzene rings is 3. The van der Waals surface area contributed by atoms with E-state index >= 15 is 0 Å². The minimum atomic E-state index is -4.00. The van der Waals surface area contributed by atoms with E-state index in [0.29, 0.717) is 22.2 Å². The molecule has 0 radical (unpaired) electrons. The number of sulfonamides is 1. The molecule has 0 saturated carbocycles. The first-order chi connectivity index (χ1) is 15.2. The van der Waals surface area contributed by atoms with Crippen LogP contribution in [0.1, 0.15) is 13.8 Å². The van der Waals surface area contributed by atoms with Gasteiger partial charge in [-0.15, -0.1) is 11.8 Å². The molecule has 0 unspecified atom stereocenters. The summed E-state index contributed by atoms with van der Waals surface area (Å²) in [6.45, 7) is 3.54. The summed E-state index contributed by atoms with van der Waals surface area (Å²) in [6, 6.07) is 18.3. The Kier molecular flexibility index (Phi) is 7.71. The molecule has 6 nitrogen and oxygen atoms in total. The third-order valence-electron chi connectivity index (χ3n) is 4.42. The summed E-state index contributed by atoms with van der Waals surface area (Å²) in [5.41, 5.74) is 0.633. The molecule has 0 aliphatic heterocycles. The summed E-state index contributed by atoms with van der Waals surface area (Å²) in [4.78, 5) is 12.9. The van der Waals surface area contributed by atoms with Crippen LogP contribution in [0, 0.1) is 5.92 Å². The van der Waals surface area contributed by atoms with Gasteiger partial charge in [-0.3, -0.25) is 9.52 Å². The molecule has 0 saturated heterocycles. The van der Waals surface area contributed by atoms with Gasteiger partial charge in [0.1, 0.15) is 5.75 Å². The van der Waals surface area contributed by atoms with Crippen molar-refractivity contribution >= 4 is 50.7 Å². The molecule has 0 aliphatic rings. The van der Waals surface area contributed by atoms with Crippen molar-refractivity contribution in [3.63, 3.8) is 0 Å². The van der Waals surface area contributed by atoms with Crippen LogP contribution in [0.2, 0.25) is 5.02 Å². The standard InChI is InChI=1S/C23H23ClN2O4S2/c1-15(2)23(27)25-20-14-18(10-12-22(20)31-3)32(28,29)26-19-13-16(24)9-11-21(19)30-17-7-5-4-6-8-17/h4-15,26H,1-3H3,(H,25,27). The normalized spacial score (nSPS) is 11.3. The number of nitrogens with one attached hydrogen (secondary N) is 2. The highest BCUT2D eigenvalue weighted by Gasteiger charge is 2.20. The Hall–Kier alpha value is -2.68. The minimum Gasteiger partial charge on any atom is -0.455 e. The van der Waals surface area contributed by atoms with Crippen molar-refractivity contribution in [1.29, 1.82) is 0 Å². The molecule has 0 atom stereocenters. The first-order valence-corrected chi connectivity index (χ1v) is 12.8. The molecule has 2 N–H and O–H groups in total. The Morgan fingerprint density at radius 1 is 1.00 bits per heavy atom. The predicted octanol–water partition coefficient (Wildman–Crippen LogP) is 6.25. The van der Waals surface area contributed by atoms with Crippen molar-refractivity contribution in [2.24, 2.45) is 5.92 Å². The van der Waals surface area contributed by atoms with Crippen molar-refractivity contribution in [2.75, 3.05) is 16.3 Å². The van der Waals surface area contributed by atoms with Crippen molar-refractivity contribution in [3.05, 3.63) is 71.8 Å². The number of hydrogen-bond acceptors (Lipinski definition) is 5. The summed E-state index contributed by atoms with van der Waals surface area (Å²) in [7, 11) is -4.00. The third kappa shape index (κ3) is 5.97. The number of rotatable bonds is 8. The van der Waals surface area contributed by atoms with Gasteiger partial charge in [-0.05, 0) is 54.8 Å². The van der Waals surface area contributed by atoms with Crippen molar-refractivity contribution in [1.82, 2.24) is 0 Å². The fourth-order valence-corrected chi connectivity index (χ4v) is 4.51. The Morgan fingerprint density at radius 2 is 1.72 bits per heavy atom. The number of carbonyl (C=O) groups is 1. The Labute approximate surface area is 197 Å². The van der Waals surface area contributed by atoms with E-state index in [0.717, 1.165) is 4.90 Å². The van der Waals surface area contributed by atoms with Crippen LogP contribution in [-0.2, 0) is 14.8 Å². The highest BCUT2D eigenvalue weighted by Crippen LogP contribution is 2.35. The molecule has 0 aliphatic carbocycles. The van der Waals surface area contributed by atoms with E-state index in [1.165, 1.54) is 30.0 Å². The van der Waals surface area contributed by atoms with E-state index in [9.17, 15) is 13.2 Å². The molecule has 3 rings (SSSR count). The lowest BCUT2D eigenvalue weighted by molar-refractivity contribution is -0.118. The van der Waals surface area contributed by atoms with Gasteiger partial charge in [0.25, 0.3) is 10.0 Å². The van der Waals surface area contributed by atoms with Gasteiger partial charge < -0.3 is 10.1 Å². The summed E-state index contributed by atoms with van der Waals surface area (Å²) in [5, 5.41) is 3.15. The Balaban J connectivity index is 1.94. The lowest BCUT2D eigenvalue weighted by atomic mass is 10.2. The highest BCUT2D eigenvalue weighted by molar-refractivity contribution is 7.98. The molecule has 168 valence electrons. The molecule has 32 heavy (non-hydrogen) atoms. The highest BCUT2D eigenvalue weighted by atomic mass is 35.5. The number of halogens is 1. The molecular weight excluding hydrogens is 468 g/mol. The maximum absolute atomic E-state index is 13.2. The van der Waals surface area contributed by atoms with Gasteiger partial charge >= 0.3 is 0 Å². The average Bonchev–Trinajstić information content (AvgIpc) is 2.76. The number of amides is 1. The Bertz CT molecular complexity index is 1220. The fourth-order valence-electron chi connectivity index (χ4n) is 2.72. The first kappa shape index (κ1) is 24.0. The Morgan fingerprint density at radius 3 is 2.38 bits per heavy atom. The quantitative estimate of drug-likeness (QED) is 0.364. The van der Waals surface area contributed by atoms with Gasteiger partial charge in [0.15, 0.2) is 5.75 Å². The van der Waals surface area contributed by atoms with Crippen LogP contribution in [0.15, 0.2) is 76.5 Å². The molecule has 0 aromatic heterocycles. The van der Waals surface area contributed by atoms with Gasteiger partial charge in [-0.1, -0.05) is 43.6 Å². The molecule has 0 fully saturated rings. The van der Waals surface area contributed by atoms with E-state index < -0.39 is 10.0 Å². The molecule has 0 bridgehead atoms. The van der Waals surface area contributed by atoms with Crippen LogP contribution in [0.3, 0.4) is 0 Å². The second-order valence-electron chi connectivity index (χ2n) is 7.17. The molecule has 3 aromatic rings. The number of para-hydroxylation sites is 1. The number of ether oxygens (including phenoxy) is 1. The molecule has 3 aromatic carbocycles. The topological polar surface area (TPSA) is 84.5 Å². The maximum Gasteiger partial charge on any atom is 0.262 e. The molecule has 9 heteroatoms. The number of carbonyl (C=O) groups excluding carboxylic acids is 1. The lowest BCUT2D eigenvalue weighted by Crippen LogP contribution is -2.19. The van der Waals surface area contributed by atoms with Crippen LogP contribution in [0.25, 0.3) is 0 Å². The molecular formula is C23H23ClN2O4S2. The van der Waals surface area contributed by atoms with Crippen LogP contribution in [-0.4, -0.2) is 20.6 Å². The zero-order valence-electron chi connectivity index (χ0n) is 17.8. The summed E-state index contributed by atoms with van der Waals surface area (Å²) < 4.78 is 34.7. The van der Waals surface area contributed by atoms with Crippen LogP contribution in [0.4, 0.5) is 11.4 Å². The summed E-state index contributed by atoms with van der Waals surface area (Å²) >= 11 is 7.52. The van der Waals surface area contributed by atoms with Crippen LogP contribution < -0.4 is 14.8 Å². The SMILES string of the molecule is CSc1ccc(S(=O)(=O)Nc2cc(Cl)ccc2Oc2ccccc2)cc1NC(=O)C(C)C. The second kappa shape index (κ2) is 10.3. The third-order valence-corrected chi connectivity index (χ3v) is 6.81.